The lowest BCUT2D eigenvalue weighted by molar-refractivity contribution is 0.0258. The summed E-state index contributed by atoms with van der Waals surface area (Å²) in [6, 6.07) is 1.17. The SMILES string of the molecule is CC.CC(C)(C)OC(=O)N1CCc2[nH]c(=O)cc(O)c2CC1. The summed E-state index contributed by atoms with van der Waals surface area (Å²) >= 11 is 0. The van der Waals surface area contributed by atoms with Gasteiger partial charge in [-0.25, -0.2) is 4.79 Å². The van der Waals surface area contributed by atoms with Crippen LogP contribution in [0.25, 0.3) is 0 Å². The highest BCUT2D eigenvalue weighted by Gasteiger charge is 2.25. The molecule has 0 saturated heterocycles. The van der Waals surface area contributed by atoms with Crippen molar-refractivity contribution in [1.82, 2.24) is 9.88 Å². The van der Waals surface area contributed by atoms with E-state index in [-0.39, 0.29) is 17.4 Å². The maximum Gasteiger partial charge on any atom is 0.410 e. The molecule has 0 unspecified atom stereocenters. The Kier molecular flexibility index (Phi) is 6.02. The highest BCUT2D eigenvalue weighted by atomic mass is 16.6. The van der Waals surface area contributed by atoms with Gasteiger partial charge in [0, 0.05) is 36.8 Å². The average molecular weight is 310 g/mol. The fourth-order valence-corrected chi connectivity index (χ4v) is 2.23. The maximum atomic E-state index is 12.0. The highest BCUT2D eigenvalue weighted by Crippen LogP contribution is 2.22. The number of aromatic hydroxyl groups is 1. The largest absolute Gasteiger partial charge is 0.507 e. The lowest BCUT2D eigenvalue weighted by atomic mass is 10.1. The van der Waals surface area contributed by atoms with E-state index in [1.807, 2.05) is 34.6 Å². The molecule has 124 valence electrons. The van der Waals surface area contributed by atoms with Crippen LogP contribution >= 0.6 is 0 Å². The number of nitrogens with zero attached hydrogens (tertiary/aromatic N) is 1. The molecule has 2 heterocycles. The summed E-state index contributed by atoms with van der Waals surface area (Å²) < 4.78 is 5.34. The minimum Gasteiger partial charge on any atom is -0.507 e. The fourth-order valence-electron chi connectivity index (χ4n) is 2.23. The van der Waals surface area contributed by atoms with Crippen molar-refractivity contribution in [1.29, 1.82) is 0 Å². The highest BCUT2D eigenvalue weighted by molar-refractivity contribution is 5.68. The molecule has 6 nitrogen and oxygen atoms in total. The summed E-state index contributed by atoms with van der Waals surface area (Å²) in [5, 5.41) is 9.82. The van der Waals surface area contributed by atoms with Crippen molar-refractivity contribution in [3.63, 3.8) is 0 Å². The number of nitrogens with one attached hydrogen (secondary N) is 1. The first-order chi connectivity index (χ1) is 10.3. The van der Waals surface area contributed by atoms with Crippen LogP contribution in [0, 0.1) is 0 Å². The molecule has 6 heteroatoms. The minimum atomic E-state index is -0.535. The van der Waals surface area contributed by atoms with E-state index in [1.165, 1.54) is 6.07 Å². The molecule has 1 aliphatic rings. The van der Waals surface area contributed by atoms with Gasteiger partial charge in [-0.1, -0.05) is 13.8 Å². The van der Waals surface area contributed by atoms with Crippen LogP contribution in [0.1, 0.15) is 45.9 Å². The van der Waals surface area contributed by atoms with Crippen LogP contribution in [0.5, 0.6) is 5.75 Å². The van der Waals surface area contributed by atoms with Gasteiger partial charge in [-0.3, -0.25) is 4.79 Å². The summed E-state index contributed by atoms with van der Waals surface area (Å²) in [5.74, 6) is -0.00483. The number of carbonyl (C=O) groups is 1. The molecule has 0 spiro atoms. The van der Waals surface area contributed by atoms with Crippen LogP contribution in [0.15, 0.2) is 10.9 Å². The third-order valence-corrected chi connectivity index (χ3v) is 3.13. The van der Waals surface area contributed by atoms with Crippen LogP contribution < -0.4 is 5.56 Å². The average Bonchev–Trinajstić information content (AvgIpc) is 2.61. The molecule has 2 N–H and O–H groups in total. The van der Waals surface area contributed by atoms with E-state index < -0.39 is 5.60 Å². The van der Waals surface area contributed by atoms with E-state index in [0.29, 0.717) is 37.2 Å². The monoisotopic (exact) mass is 310 g/mol. The number of hydrogen-bond donors (Lipinski definition) is 2. The molecule has 1 aromatic heterocycles. The normalized spacial score (nSPS) is 14.3. The Labute approximate surface area is 131 Å². The molecule has 0 radical (unpaired) electrons. The molecular formula is C16H26N2O4. The van der Waals surface area contributed by atoms with Crippen molar-refractivity contribution in [2.24, 2.45) is 0 Å². The second kappa shape index (κ2) is 7.33. The Morgan fingerprint density at radius 2 is 1.86 bits per heavy atom. The van der Waals surface area contributed by atoms with Gasteiger partial charge in [0.2, 0.25) is 0 Å². The van der Waals surface area contributed by atoms with Gasteiger partial charge in [0.1, 0.15) is 11.4 Å². The van der Waals surface area contributed by atoms with Gasteiger partial charge in [0.05, 0.1) is 0 Å². The van der Waals surface area contributed by atoms with Gasteiger partial charge >= 0.3 is 6.09 Å². The zero-order chi connectivity index (χ0) is 16.9. The number of hydrogen-bond acceptors (Lipinski definition) is 4. The molecule has 1 aromatic rings. The van der Waals surface area contributed by atoms with Crippen LogP contribution in [0.3, 0.4) is 0 Å². The van der Waals surface area contributed by atoms with E-state index >= 15 is 0 Å². The number of aromatic nitrogens is 1. The van der Waals surface area contributed by atoms with E-state index in [4.69, 9.17) is 4.74 Å². The molecular weight excluding hydrogens is 284 g/mol. The number of aromatic amines is 1. The predicted octanol–water partition coefficient (Wildman–Crippen LogP) is 2.44. The quantitative estimate of drug-likeness (QED) is 0.771. The van der Waals surface area contributed by atoms with Crippen LogP contribution in [0.2, 0.25) is 0 Å². The summed E-state index contributed by atoms with van der Waals surface area (Å²) in [4.78, 5) is 27.7. The Morgan fingerprint density at radius 3 is 2.45 bits per heavy atom. The first-order valence-electron chi connectivity index (χ1n) is 7.68. The molecule has 22 heavy (non-hydrogen) atoms. The van der Waals surface area contributed by atoms with E-state index in [9.17, 15) is 14.7 Å². The Morgan fingerprint density at radius 1 is 1.27 bits per heavy atom. The van der Waals surface area contributed by atoms with Gasteiger partial charge in [0.15, 0.2) is 0 Å². The Hall–Kier alpha value is -1.98. The zero-order valence-corrected chi connectivity index (χ0v) is 14.0. The molecule has 2 rings (SSSR count). The molecule has 0 atom stereocenters. The maximum absolute atomic E-state index is 12.0. The molecule has 0 aromatic carbocycles. The second-order valence-corrected chi connectivity index (χ2v) is 5.94. The van der Waals surface area contributed by atoms with Crippen molar-refractivity contribution in [3.05, 3.63) is 27.7 Å². The molecule has 0 bridgehead atoms. The molecule has 1 aliphatic heterocycles. The molecule has 0 saturated carbocycles. The molecule has 0 fully saturated rings. The van der Waals surface area contributed by atoms with Gasteiger partial charge < -0.3 is 19.7 Å². The smallest absolute Gasteiger partial charge is 0.410 e. The number of H-pyrrole nitrogens is 1. The van der Waals surface area contributed by atoms with Crippen molar-refractivity contribution < 1.29 is 14.6 Å². The minimum absolute atomic E-state index is 0.00483. The van der Waals surface area contributed by atoms with E-state index in [0.717, 1.165) is 0 Å². The third kappa shape index (κ3) is 4.79. The number of rotatable bonds is 0. The Bertz CT molecular complexity index is 572. The third-order valence-electron chi connectivity index (χ3n) is 3.13. The summed E-state index contributed by atoms with van der Waals surface area (Å²) in [6.07, 6.45) is 0.627. The first kappa shape index (κ1) is 18.1. The second-order valence-electron chi connectivity index (χ2n) is 5.94. The summed E-state index contributed by atoms with van der Waals surface area (Å²) in [6.45, 7) is 10.4. The van der Waals surface area contributed by atoms with Crippen molar-refractivity contribution in [2.45, 2.75) is 53.1 Å². The molecule has 0 aliphatic carbocycles. The number of pyridine rings is 1. The number of carbonyl (C=O) groups excluding carboxylic acids is 1. The number of ether oxygens (including phenoxy) is 1. The molecule has 1 amide bonds. The van der Waals surface area contributed by atoms with E-state index in [2.05, 4.69) is 4.98 Å². The van der Waals surface area contributed by atoms with E-state index in [1.54, 1.807) is 4.90 Å². The van der Waals surface area contributed by atoms with Crippen molar-refractivity contribution in [2.75, 3.05) is 13.1 Å². The lowest BCUT2D eigenvalue weighted by Crippen LogP contribution is -2.38. The lowest BCUT2D eigenvalue weighted by Gasteiger charge is -2.26. The predicted molar refractivity (Wildman–Crippen MR) is 85.3 cm³/mol. The van der Waals surface area contributed by atoms with Crippen LogP contribution in [0.4, 0.5) is 4.79 Å². The number of amides is 1. The van der Waals surface area contributed by atoms with Crippen molar-refractivity contribution >= 4 is 6.09 Å². The standard InChI is InChI=1S/C14H20N2O4.C2H6/c1-14(2,3)20-13(19)16-6-4-9-10(5-7-16)15-12(18)8-11(9)17;1-2/h8H,4-7H2,1-3H3,(H2,15,17,18);1-2H3. The zero-order valence-electron chi connectivity index (χ0n) is 14.0. The van der Waals surface area contributed by atoms with Crippen LogP contribution in [-0.4, -0.2) is 39.8 Å². The van der Waals surface area contributed by atoms with Crippen LogP contribution in [-0.2, 0) is 17.6 Å². The first-order valence-corrected chi connectivity index (χ1v) is 7.68. The van der Waals surface area contributed by atoms with Gasteiger partial charge in [-0.05, 0) is 27.2 Å². The van der Waals surface area contributed by atoms with Gasteiger partial charge in [0.25, 0.3) is 5.56 Å². The van der Waals surface area contributed by atoms with Gasteiger partial charge in [-0.15, -0.1) is 0 Å². The topological polar surface area (TPSA) is 82.6 Å². The Balaban J connectivity index is 0.00000116. The fraction of sp³-hybridized carbons (Fsp3) is 0.625. The number of fused-ring (bicyclic) bond motifs is 1. The van der Waals surface area contributed by atoms with Crippen molar-refractivity contribution in [3.8, 4) is 5.75 Å². The van der Waals surface area contributed by atoms with Gasteiger partial charge in [-0.2, -0.15) is 0 Å². The summed E-state index contributed by atoms with van der Waals surface area (Å²) in [5.41, 5.74) is 0.538. The summed E-state index contributed by atoms with van der Waals surface area (Å²) in [7, 11) is 0.